The molecule has 40 heavy (non-hydrogen) atoms. The molecule has 0 spiro atoms. The summed E-state index contributed by atoms with van der Waals surface area (Å²) in [6.45, 7) is 2.99. The third-order valence-electron chi connectivity index (χ3n) is 6.63. The minimum Gasteiger partial charge on any atom is -0.481 e. The highest BCUT2D eigenvalue weighted by atomic mass is 19.1. The number of carboxylic acid groups (broad SMARTS) is 1. The number of anilines is 3. The van der Waals surface area contributed by atoms with Crippen LogP contribution in [0.15, 0.2) is 66.7 Å². The number of nitrogens with zero attached hydrogens (tertiary/aromatic N) is 2. The lowest BCUT2D eigenvalue weighted by Crippen LogP contribution is -2.31. The van der Waals surface area contributed by atoms with Gasteiger partial charge in [-0.3, -0.25) is 14.4 Å². The van der Waals surface area contributed by atoms with E-state index in [0.29, 0.717) is 46.7 Å². The summed E-state index contributed by atoms with van der Waals surface area (Å²) in [6.07, 6.45) is 1.15. The highest BCUT2D eigenvalue weighted by Crippen LogP contribution is 2.38. The first-order valence-electron chi connectivity index (χ1n) is 13.1. The van der Waals surface area contributed by atoms with E-state index in [0.717, 1.165) is 24.2 Å². The van der Waals surface area contributed by atoms with Crippen molar-refractivity contribution in [3.63, 3.8) is 0 Å². The zero-order valence-electron chi connectivity index (χ0n) is 22.8. The Balaban J connectivity index is 1.71. The number of nitrogens with one attached hydrogen (secondary N) is 2. The second-order valence-corrected chi connectivity index (χ2v) is 9.99. The van der Waals surface area contributed by atoms with Crippen molar-refractivity contribution in [3.8, 4) is 0 Å². The maximum Gasteiger partial charge on any atom is 0.303 e. The third kappa shape index (κ3) is 6.92. The van der Waals surface area contributed by atoms with Crippen molar-refractivity contribution in [2.45, 2.75) is 26.2 Å². The van der Waals surface area contributed by atoms with Crippen molar-refractivity contribution in [1.29, 1.82) is 0 Å². The van der Waals surface area contributed by atoms with E-state index in [4.69, 9.17) is 5.11 Å². The Labute approximate surface area is 233 Å². The fourth-order valence-corrected chi connectivity index (χ4v) is 4.69. The van der Waals surface area contributed by atoms with Crippen molar-refractivity contribution < 1.29 is 23.9 Å². The summed E-state index contributed by atoms with van der Waals surface area (Å²) < 4.78 is 13.9. The van der Waals surface area contributed by atoms with Crippen molar-refractivity contribution in [3.05, 3.63) is 89.2 Å². The second-order valence-electron chi connectivity index (χ2n) is 9.99. The molecule has 3 N–H and O–H groups in total. The van der Waals surface area contributed by atoms with Crippen molar-refractivity contribution in [2.75, 3.05) is 42.7 Å². The summed E-state index contributed by atoms with van der Waals surface area (Å²) in [5, 5.41) is 15.2. The molecule has 0 radical (unpaired) electrons. The number of hydrogen-bond donors (Lipinski definition) is 3. The second kappa shape index (κ2) is 12.6. The van der Waals surface area contributed by atoms with E-state index in [9.17, 15) is 18.8 Å². The molecule has 0 aliphatic carbocycles. The number of rotatable bonds is 11. The first kappa shape index (κ1) is 28.5. The van der Waals surface area contributed by atoms with Crippen LogP contribution in [0.4, 0.5) is 21.5 Å². The van der Waals surface area contributed by atoms with Gasteiger partial charge in [-0.1, -0.05) is 18.2 Å². The molecule has 1 aliphatic heterocycles. The summed E-state index contributed by atoms with van der Waals surface area (Å²) in [7, 11) is 3.98. The number of carbonyl (C=O) groups excluding carboxylic acids is 2. The summed E-state index contributed by atoms with van der Waals surface area (Å²) in [6, 6.07) is 18.9. The summed E-state index contributed by atoms with van der Waals surface area (Å²) in [5.41, 5.74) is 4.73. The summed E-state index contributed by atoms with van der Waals surface area (Å²) in [4.78, 5) is 40.4. The first-order chi connectivity index (χ1) is 19.1. The van der Waals surface area contributed by atoms with Gasteiger partial charge in [0, 0.05) is 36.8 Å². The Kier molecular flexibility index (Phi) is 8.96. The van der Waals surface area contributed by atoms with Gasteiger partial charge in [-0.25, -0.2) is 4.39 Å². The average molecular weight is 545 g/mol. The maximum atomic E-state index is 13.9. The number of benzene rings is 3. The summed E-state index contributed by atoms with van der Waals surface area (Å²) >= 11 is 0. The summed E-state index contributed by atoms with van der Waals surface area (Å²) in [5.74, 6) is -1.78. The van der Waals surface area contributed by atoms with Crippen LogP contribution in [-0.2, 0) is 20.8 Å². The number of aryl methyl sites for hydroxylation is 1. The number of amides is 2. The molecule has 4 rings (SSSR count). The molecule has 0 unspecified atom stereocenters. The van der Waals surface area contributed by atoms with Gasteiger partial charge in [-0.15, -0.1) is 0 Å². The largest absolute Gasteiger partial charge is 0.481 e. The molecule has 0 saturated heterocycles. The lowest BCUT2D eigenvalue weighted by molar-refractivity contribution is -0.137. The van der Waals surface area contributed by atoms with Crippen LogP contribution >= 0.6 is 0 Å². The lowest BCUT2D eigenvalue weighted by Gasteiger charge is -2.23. The van der Waals surface area contributed by atoms with Gasteiger partial charge in [0.25, 0.3) is 5.91 Å². The van der Waals surface area contributed by atoms with Gasteiger partial charge < -0.3 is 25.5 Å². The van der Waals surface area contributed by atoms with Crippen LogP contribution in [0.25, 0.3) is 11.3 Å². The Morgan fingerprint density at radius 2 is 1.75 bits per heavy atom. The lowest BCUT2D eigenvalue weighted by atomic mass is 9.97. The Morgan fingerprint density at radius 1 is 1.00 bits per heavy atom. The van der Waals surface area contributed by atoms with Crippen LogP contribution in [-0.4, -0.2) is 55.0 Å². The molecule has 208 valence electrons. The van der Waals surface area contributed by atoms with Crippen LogP contribution in [0.3, 0.4) is 0 Å². The van der Waals surface area contributed by atoms with E-state index in [2.05, 4.69) is 15.5 Å². The quantitative estimate of drug-likeness (QED) is 0.291. The van der Waals surface area contributed by atoms with Gasteiger partial charge in [0.2, 0.25) is 5.91 Å². The van der Waals surface area contributed by atoms with Crippen LogP contribution in [0, 0.1) is 5.82 Å². The highest BCUT2D eigenvalue weighted by Gasteiger charge is 2.29. The van der Waals surface area contributed by atoms with Crippen LogP contribution in [0.5, 0.6) is 0 Å². The minimum absolute atomic E-state index is 0.0198. The normalized spacial score (nSPS) is 13.6. The predicted molar refractivity (Wildman–Crippen MR) is 156 cm³/mol. The standard InChI is InChI=1S/C31H33FN4O4/c1-20(37)36(17-5-16-35(2)3)25-12-10-24(11-13-25)33-30(22-7-4-6-21(18-22)8-15-28(38)39)29-26-14-9-23(32)19-27(26)34-31(29)40/h4,6-7,9-14,18-19,33H,5,8,15-17H2,1-3H3,(H,34,40)(H,38,39). The highest BCUT2D eigenvalue weighted by molar-refractivity contribution is 6.37. The smallest absolute Gasteiger partial charge is 0.303 e. The van der Waals surface area contributed by atoms with E-state index < -0.39 is 11.8 Å². The number of hydrogen-bond acceptors (Lipinski definition) is 5. The molecule has 8 nitrogen and oxygen atoms in total. The van der Waals surface area contributed by atoms with Crippen molar-refractivity contribution >= 4 is 46.1 Å². The molecule has 9 heteroatoms. The Hall–Kier alpha value is -4.50. The third-order valence-corrected chi connectivity index (χ3v) is 6.63. The minimum atomic E-state index is -0.894. The number of halogens is 1. The predicted octanol–water partition coefficient (Wildman–Crippen LogP) is 5.08. The topological polar surface area (TPSA) is 102 Å². The Bertz CT molecular complexity index is 1450. The van der Waals surface area contributed by atoms with E-state index in [-0.39, 0.29) is 18.2 Å². The zero-order chi connectivity index (χ0) is 28.8. The molecule has 1 aliphatic rings. The molecule has 2 amide bonds. The van der Waals surface area contributed by atoms with Gasteiger partial charge in [0.1, 0.15) is 5.82 Å². The van der Waals surface area contributed by atoms with Gasteiger partial charge in [0.05, 0.1) is 17.0 Å². The van der Waals surface area contributed by atoms with Crippen molar-refractivity contribution in [1.82, 2.24) is 4.90 Å². The van der Waals surface area contributed by atoms with E-state index >= 15 is 0 Å². The fourth-order valence-electron chi connectivity index (χ4n) is 4.69. The van der Waals surface area contributed by atoms with E-state index in [1.807, 2.05) is 62.6 Å². The number of fused-ring (bicyclic) bond motifs is 1. The van der Waals surface area contributed by atoms with Gasteiger partial charge >= 0.3 is 5.97 Å². The molecule has 0 atom stereocenters. The van der Waals surface area contributed by atoms with Gasteiger partial charge in [0.15, 0.2) is 0 Å². The van der Waals surface area contributed by atoms with Crippen molar-refractivity contribution in [2.24, 2.45) is 0 Å². The molecule has 0 aromatic heterocycles. The molecule has 3 aromatic rings. The molecule has 1 heterocycles. The average Bonchev–Trinajstić information content (AvgIpc) is 3.23. The molecule has 0 fully saturated rings. The van der Waals surface area contributed by atoms with E-state index in [1.165, 1.54) is 12.1 Å². The van der Waals surface area contributed by atoms with E-state index in [1.54, 1.807) is 17.9 Å². The number of carbonyl (C=O) groups is 3. The van der Waals surface area contributed by atoms with Crippen LogP contribution in [0.1, 0.15) is 36.5 Å². The fraction of sp³-hybridized carbons (Fsp3) is 0.258. The maximum absolute atomic E-state index is 13.9. The zero-order valence-corrected chi connectivity index (χ0v) is 22.8. The molecule has 0 bridgehead atoms. The number of carboxylic acids is 1. The van der Waals surface area contributed by atoms with Gasteiger partial charge in [-0.2, -0.15) is 0 Å². The molecular weight excluding hydrogens is 511 g/mol. The molecule has 3 aromatic carbocycles. The first-order valence-corrected chi connectivity index (χ1v) is 13.1. The SMILES string of the molecule is CC(=O)N(CCCN(C)C)c1ccc(NC(=C2C(=O)Nc3cc(F)ccc32)c2cccc(CCC(=O)O)c2)cc1. The molecular formula is C31H33FN4O4. The van der Waals surface area contributed by atoms with Crippen LogP contribution < -0.4 is 15.5 Å². The number of aliphatic carboxylic acids is 1. The van der Waals surface area contributed by atoms with Gasteiger partial charge in [-0.05, 0) is 93.1 Å². The van der Waals surface area contributed by atoms with Crippen LogP contribution in [0.2, 0.25) is 0 Å². The Morgan fingerprint density at radius 3 is 2.42 bits per heavy atom. The monoisotopic (exact) mass is 544 g/mol. The molecule has 0 saturated carbocycles.